The first kappa shape index (κ1) is 17.7. The molecular weight excluding hydrogens is 352 g/mol. The normalized spacial score (nSPS) is 10.4. The average Bonchev–Trinajstić information content (AvgIpc) is 2.82. The molecule has 124 valence electrons. The zero-order chi connectivity index (χ0) is 16.7. The molecule has 0 amide bonds. The van der Waals surface area contributed by atoms with Crippen molar-refractivity contribution in [2.45, 2.75) is 6.92 Å². The highest BCUT2D eigenvalue weighted by molar-refractivity contribution is 7.21. The number of carboxylic acid groups (broad SMARTS) is 1. The highest BCUT2D eigenvalue weighted by atomic mass is 35.5. The summed E-state index contributed by atoms with van der Waals surface area (Å²) in [5.74, 6) is -1.59. The van der Waals surface area contributed by atoms with Crippen molar-refractivity contribution in [2.24, 2.45) is 0 Å². The highest BCUT2D eigenvalue weighted by Crippen LogP contribution is 2.34. The summed E-state index contributed by atoms with van der Waals surface area (Å²) in [5, 5.41) is 9.39. The van der Waals surface area contributed by atoms with Gasteiger partial charge in [-0.05, 0) is 18.6 Å². The van der Waals surface area contributed by atoms with Crippen LogP contribution in [0.15, 0.2) is 35.1 Å². The van der Waals surface area contributed by atoms with Gasteiger partial charge in [0.15, 0.2) is 0 Å². The van der Waals surface area contributed by atoms with Crippen molar-refractivity contribution < 1.29 is 14.7 Å². The second-order valence-corrected chi connectivity index (χ2v) is 6.07. The lowest BCUT2D eigenvalue weighted by Gasteiger charge is -2.03. The van der Waals surface area contributed by atoms with Crippen molar-refractivity contribution in [3.63, 3.8) is 0 Å². The summed E-state index contributed by atoms with van der Waals surface area (Å²) >= 11 is 1.05. The number of carbonyl (C=O) groups excluding carboxylic acids is 1. The number of nitrogens with one attached hydrogen (secondary N) is 1. The number of fused-ring (bicyclic) bond motifs is 1. The van der Waals surface area contributed by atoms with Crippen LogP contribution in [0.5, 0.6) is 0 Å². The summed E-state index contributed by atoms with van der Waals surface area (Å²) in [7, 11) is 0. The van der Waals surface area contributed by atoms with Gasteiger partial charge < -0.3 is 15.8 Å². The Bertz CT molecular complexity index is 1020. The summed E-state index contributed by atoms with van der Waals surface area (Å²) in [5.41, 5.74) is 6.41. The van der Waals surface area contributed by atoms with Crippen LogP contribution in [0.3, 0.4) is 0 Å². The maximum atomic E-state index is 12.7. The molecule has 3 aromatic rings. The number of thiophene rings is 1. The molecule has 0 bridgehead atoms. The second-order valence-electron chi connectivity index (χ2n) is 5.05. The van der Waals surface area contributed by atoms with E-state index in [4.69, 9.17) is 10.8 Å². The van der Waals surface area contributed by atoms with Crippen LogP contribution in [0, 0.1) is 6.92 Å². The van der Waals surface area contributed by atoms with Gasteiger partial charge in [-0.2, -0.15) is 0 Å². The number of carboxylic acids is 1. The number of nitrogens with two attached hydrogens (primary N) is 1. The minimum absolute atomic E-state index is 0. The lowest BCUT2D eigenvalue weighted by molar-refractivity contribution is 0.0695. The van der Waals surface area contributed by atoms with Gasteiger partial charge in [0.2, 0.25) is 5.78 Å². The molecule has 1 aromatic carbocycles. The fourth-order valence-electron chi connectivity index (χ4n) is 2.35. The van der Waals surface area contributed by atoms with Gasteiger partial charge in [0.1, 0.15) is 15.3 Å². The number of aromatic carboxylic acids is 1. The Balaban J connectivity index is 0.00000208. The molecule has 0 fully saturated rings. The molecule has 0 saturated carbocycles. The number of H-pyrrole nitrogens is 1. The number of aryl methyl sites for hydroxylation is 1. The van der Waals surface area contributed by atoms with E-state index in [1.165, 1.54) is 6.07 Å². The van der Waals surface area contributed by atoms with E-state index in [9.17, 15) is 14.4 Å². The van der Waals surface area contributed by atoms with E-state index in [1.807, 2.05) is 19.1 Å². The summed E-state index contributed by atoms with van der Waals surface area (Å²) in [6.45, 7) is 1.82. The summed E-state index contributed by atoms with van der Waals surface area (Å²) < 4.78 is 0. The summed E-state index contributed by atoms with van der Waals surface area (Å²) in [4.78, 5) is 38.6. The van der Waals surface area contributed by atoms with E-state index in [2.05, 4.69) is 4.98 Å². The van der Waals surface area contributed by atoms with Gasteiger partial charge in [-0.15, -0.1) is 23.7 Å². The van der Waals surface area contributed by atoms with Crippen molar-refractivity contribution in [2.75, 3.05) is 5.73 Å². The van der Waals surface area contributed by atoms with Crippen molar-refractivity contribution in [3.8, 4) is 0 Å². The SMILES string of the molecule is Cc1ccccc1C(=O)c1sc2[nH]c(=O)c(C(=O)O)cc2c1N.Cl. The molecule has 4 N–H and O–H groups in total. The Hall–Kier alpha value is -2.64. The molecule has 0 aliphatic rings. The van der Waals surface area contributed by atoms with Crippen LogP contribution in [0.4, 0.5) is 5.69 Å². The number of benzene rings is 1. The third kappa shape index (κ3) is 2.79. The third-order valence-corrected chi connectivity index (χ3v) is 4.71. The van der Waals surface area contributed by atoms with Crippen molar-refractivity contribution in [1.29, 1.82) is 0 Å². The van der Waals surface area contributed by atoms with E-state index >= 15 is 0 Å². The topological polar surface area (TPSA) is 113 Å². The first-order valence-corrected chi connectivity index (χ1v) is 7.50. The minimum atomic E-state index is -1.34. The maximum absolute atomic E-state index is 12.7. The maximum Gasteiger partial charge on any atom is 0.341 e. The zero-order valence-corrected chi connectivity index (χ0v) is 14.1. The Kier molecular flexibility index (Phi) is 4.77. The zero-order valence-electron chi connectivity index (χ0n) is 12.5. The number of nitrogen functional groups attached to an aromatic ring is 1. The molecule has 0 spiro atoms. The number of pyridine rings is 1. The summed E-state index contributed by atoms with van der Waals surface area (Å²) in [6.07, 6.45) is 0. The van der Waals surface area contributed by atoms with Gasteiger partial charge in [0, 0.05) is 10.9 Å². The Morgan fingerprint density at radius 1 is 1.21 bits per heavy atom. The number of halogens is 1. The Labute approximate surface area is 146 Å². The number of rotatable bonds is 3. The van der Waals surface area contributed by atoms with Crippen LogP contribution < -0.4 is 11.3 Å². The van der Waals surface area contributed by atoms with Crippen LogP contribution >= 0.6 is 23.7 Å². The van der Waals surface area contributed by atoms with E-state index in [-0.39, 0.29) is 28.8 Å². The molecule has 0 aliphatic heterocycles. The molecule has 0 atom stereocenters. The Morgan fingerprint density at radius 3 is 2.50 bits per heavy atom. The first-order valence-electron chi connectivity index (χ1n) is 6.69. The molecule has 0 radical (unpaired) electrons. The largest absolute Gasteiger partial charge is 0.477 e. The Morgan fingerprint density at radius 2 is 1.88 bits per heavy atom. The first-order chi connectivity index (χ1) is 10.9. The van der Waals surface area contributed by atoms with E-state index in [1.54, 1.807) is 12.1 Å². The summed E-state index contributed by atoms with van der Waals surface area (Å²) in [6, 6.07) is 8.32. The van der Waals surface area contributed by atoms with Gasteiger partial charge in [-0.3, -0.25) is 9.59 Å². The van der Waals surface area contributed by atoms with Crippen LogP contribution in [-0.2, 0) is 0 Å². The van der Waals surface area contributed by atoms with Gasteiger partial charge in [0.25, 0.3) is 5.56 Å². The molecule has 8 heteroatoms. The predicted molar refractivity (Wildman–Crippen MR) is 95.7 cm³/mol. The minimum Gasteiger partial charge on any atom is -0.477 e. The second kappa shape index (κ2) is 6.46. The quantitative estimate of drug-likeness (QED) is 0.618. The number of hydrogen-bond donors (Lipinski definition) is 3. The average molecular weight is 365 g/mol. The third-order valence-electron chi connectivity index (χ3n) is 3.57. The fourth-order valence-corrected chi connectivity index (χ4v) is 3.40. The predicted octanol–water partition coefficient (Wildman–Crippen LogP) is 2.83. The van der Waals surface area contributed by atoms with E-state index < -0.39 is 17.1 Å². The molecule has 3 rings (SSSR count). The van der Waals surface area contributed by atoms with Crippen LogP contribution in [0.2, 0.25) is 0 Å². The smallest absolute Gasteiger partial charge is 0.341 e. The fraction of sp³-hybridized carbons (Fsp3) is 0.0625. The van der Waals surface area contributed by atoms with Crippen LogP contribution in [0.1, 0.15) is 31.2 Å². The van der Waals surface area contributed by atoms with Crippen molar-refractivity contribution >= 4 is 51.4 Å². The molecule has 0 saturated heterocycles. The highest BCUT2D eigenvalue weighted by Gasteiger charge is 2.21. The monoisotopic (exact) mass is 364 g/mol. The number of aromatic nitrogens is 1. The molecular formula is C16H13ClN2O4S. The number of aromatic amines is 1. The van der Waals surface area contributed by atoms with Crippen LogP contribution in [-0.4, -0.2) is 21.8 Å². The molecule has 2 aromatic heterocycles. The number of carbonyl (C=O) groups is 2. The van der Waals surface area contributed by atoms with E-state index in [0.29, 0.717) is 15.8 Å². The van der Waals surface area contributed by atoms with Gasteiger partial charge in [-0.25, -0.2) is 4.79 Å². The van der Waals surface area contributed by atoms with Crippen molar-refractivity contribution in [1.82, 2.24) is 4.98 Å². The lowest BCUT2D eigenvalue weighted by atomic mass is 10.0. The van der Waals surface area contributed by atoms with Crippen molar-refractivity contribution in [3.05, 3.63) is 62.3 Å². The molecule has 0 unspecified atom stereocenters. The van der Waals surface area contributed by atoms with Gasteiger partial charge >= 0.3 is 5.97 Å². The molecule has 24 heavy (non-hydrogen) atoms. The van der Waals surface area contributed by atoms with Crippen LogP contribution in [0.25, 0.3) is 10.2 Å². The number of ketones is 1. The molecule has 2 heterocycles. The number of anilines is 1. The molecule has 0 aliphatic carbocycles. The number of hydrogen-bond acceptors (Lipinski definition) is 5. The van der Waals surface area contributed by atoms with E-state index in [0.717, 1.165) is 16.9 Å². The molecule has 6 nitrogen and oxygen atoms in total. The standard InChI is InChI=1S/C16H12N2O4S.ClH/c1-7-4-2-3-5-8(7)12(19)13-11(17)9-6-10(16(21)22)14(20)18-15(9)23-13;/h2-6H,17H2,1H3,(H,18,20)(H,21,22);1H. The lowest BCUT2D eigenvalue weighted by Crippen LogP contribution is -2.16. The van der Waals surface area contributed by atoms with Gasteiger partial charge in [0.05, 0.1) is 5.69 Å². The van der Waals surface area contributed by atoms with Gasteiger partial charge in [-0.1, -0.05) is 24.3 Å².